The summed E-state index contributed by atoms with van der Waals surface area (Å²) >= 11 is 5.99. The third-order valence-electron chi connectivity index (χ3n) is 4.18. The van der Waals surface area contributed by atoms with Gasteiger partial charge in [-0.1, -0.05) is 28.9 Å². The normalized spacial score (nSPS) is 10.7. The highest BCUT2D eigenvalue weighted by Crippen LogP contribution is 2.20. The minimum absolute atomic E-state index is 0.000734. The Kier molecular flexibility index (Phi) is 6.66. The first-order chi connectivity index (χ1) is 13.5. The second-order valence-corrected chi connectivity index (χ2v) is 6.79. The molecule has 3 aromatic rings. The third kappa shape index (κ3) is 5.33. The summed E-state index contributed by atoms with van der Waals surface area (Å²) in [6, 6.07) is 15.0. The van der Waals surface area contributed by atoms with Crippen molar-refractivity contribution in [3.63, 3.8) is 0 Å². The van der Waals surface area contributed by atoms with Crippen LogP contribution in [0.3, 0.4) is 0 Å². The van der Waals surface area contributed by atoms with Gasteiger partial charge >= 0.3 is 0 Å². The number of aromatic nitrogens is 2. The van der Waals surface area contributed by atoms with E-state index in [2.05, 4.69) is 10.1 Å². The number of carbonyl (C=O) groups is 1. The number of benzene rings is 2. The smallest absolute Gasteiger partial charge is 0.227 e. The van der Waals surface area contributed by atoms with E-state index in [1.807, 2.05) is 55.5 Å². The molecule has 0 fully saturated rings. The first-order valence-electron chi connectivity index (χ1n) is 9.09. The van der Waals surface area contributed by atoms with Crippen molar-refractivity contribution in [3.8, 4) is 17.1 Å². The lowest BCUT2D eigenvalue weighted by Crippen LogP contribution is -2.26. The first kappa shape index (κ1) is 19.9. The van der Waals surface area contributed by atoms with E-state index in [-0.39, 0.29) is 5.91 Å². The molecule has 0 atom stereocenters. The lowest BCUT2D eigenvalue weighted by atomic mass is 10.2. The molecule has 3 rings (SSSR count). The molecule has 0 aliphatic heterocycles. The molecule has 0 saturated heterocycles. The van der Waals surface area contributed by atoms with Crippen LogP contribution in [-0.4, -0.2) is 34.6 Å². The maximum atomic E-state index is 12.4. The van der Waals surface area contributed by atoms with Crippen LogP contribution in [0.15, 0.2) is 53.1 Å². The minimum atomic E-state index is 0.000734. The zero-order chi connectivity index (χ0) is 19.9. The van der Waals surface area contributed by atoms with E-state index in [9.17, 15) is 4.79 Å². The molecule has 2 aromatic carbocycles. The second kappa shape index (κ2) is 9.37. The van der Waals surface area contributed by atoms with Gasteiger partial charge in [-0.25, -0.2) is 0 Å². The van der Waals surface area contributed by atoms with E-state index >= 15 is 0 Å². The molecule has 1 heterocycles. The summed E-state index contributed by atoms with van der Waals surface area (Å²) in [7, 11) is 1.77. The average molecular weight is 400 g/mol. The molecule has 0 bridgehead atoms. The Bertz CT molecular complexity index is 925. The van der Waals surface area contributed by atoms with Crippen molar-refractivity contribution in [2.75, 3.05) is 13.7 Å². The standard InChI is InChI=1S/C21H22ClN3O3/c1-3-27-18-9-7-16(8-10-18)21-23-19(28-24-21)11-12-20(26)25(2)14-15-5-4-6-17(22)13-15/h4-10,13H,3,11-12,14H2,1-2H3. The number of carbonyl (C=O) groups excluding carboxylic acids is 1. The van der Waals surface area contributed by atoms with Gasteiger partial charge in [0, 0.05) is 37.0 Å². The minimum Gasteiger partial charge on any atom is -0.494 e. The number of amides is 1. The third-order valence-corrected chi connectivity index (χ3v) is 4.41. The van der Waals surface area contributed by atoms with Gasteiger partial charge in [0.05, 0.1) is 6.61 Å². The fourth-order valence-corrected chi connectivity index (χ4v) is 2.96. The Morgan fingerprint density at radius 1 is 1.21 bits per heavy atom. The van der Waals surface area contributed by atoms with E-state index in [4.69, 9.17) is 20.9 Å². The second-order valence-electron chi connectivity index (χ2n) is 6.35. The summed E-state index contributed by atoms with van der Waals surface area (Å²) in [6.45, 7) is 3.05. The zero-order valence-electron chi connectivity index (χ0n) is 15.9. The molecule has 1 aromatic heterocycles. The van der Waals surface area contributed by atoms with E-state index in [0.29, 0.717) is 42.7 Å². The fourth-order valence-electron chi connectivity index (χ4n) is 2.74. The maximum absolute atomic E-state index is 12.4. The van der Waals surface area contributed by atoms with Crippen molar-refractivity contribution >= 4 is 17.5 Å². The Morgan fingerprint density at radius 3 is 2.71 bits per heavy atom. The molecule has 0 spiro atoms. The molecule has 0 saturated carbocycles. The van der Waals surface area contributed by atoms with Crippen LogP contribution >= 0.6 is 11.6 Å². The van der Waals surface area contributed by atoms with Crippen LogP contribution in [0.25, 0.3) is 11.4 Å². The number of aryl methyl sites for hydroxylation is 1. The molecule has 0 unspecified atom stereocenters. The number of hydrogen-bond donors (Lipinski definition) is 0. The Hall–Kier alpha value is -2.86. The topological polar surface area (TPSA) is 68.5 Å². The molecule has 0 N–H and O–H groups in total. The van der Waals surface area contributed by atoms with Crippen LogP contribution in [0.4, 0.5) is 0 Å². The van der Waals surface area contributed by atoms with Crippen molar-refractivity contribution in [3.05, 3.63) is 65.0 Å². The highest BCUT2D eigenvalue weighted by atomic mass is 35.5. The van der Waals surface area contributed by atoms with Crippen molar-refractivity contribution in [2.45, 2.75) is 26.3 Å². The van der Waals surface area contributed by atoms with Crippen LogP contribution in [0, 0.1) is 0 Å². The van der Waals surface area contributed by atoms with Crippen LogP contribution in [0.5, 0.6) is 5.75 Å². The number of halogens is 1. The molecule has 1 amide bonds. The number of ether oxygens (including phenoxy) is 1. The molecule has 0 aliphatic carbocycles. The predicted octanol–water partition coefficient (Wildman–Crippen LogP) is 4.38. The van der Waals surface area contributed by atoms with Gasteiger partial charge in [-0.3, -0.25) is 4.79 Å². The first-order valence-corrected chi connectivity index (χ1v) is 9.47. The maximum Gasteiger partial charge on any atom is 0.227 e. The molecule has 0 aliphatic rings. The van der Waals surface area contributed by atoms with E-state index in [1.165, 1.54) is 0 Å². The molecule has 28 heavy (non-hydrogen) atoms. The van der Waals surface area contributed by atoms with Crippen molar-refractivity contribution in [1.82, 2.24) is 15.0 Å². The van der Waals surface area contributed by atoms with Crippen LogP contribution < -0.4 is 4.74 Å². The largest absolute Gasteiger partial charge is 0.494 e. The Morgan fingerprint density at radius 2 is 2.00 bits per heavy atom. The van der Waals surface area contributed by atoms with E-state index in [1.54, 1.807) is 11.9 Å². The summed E-state index contributed by atoms with van der Waals surface area (Å²) in [4.78, 5) is 18.4. The van der Waals surface area contributed by atoms with E-state index < -0.39 is 0 Å². The summed E-state index contributed by atoms with van der Waals surface area (Å²) in [5.74, 6) is 1.73. The number of rotatable bonds is 8. The Balaban J connectivity index is 1.54. The monoisotopic (exact) mass is 399 g/mol. The Labute approximate surface area is 169 Å². The van der Waals surface area contributed by atoms with Gasteiger partial charge in [0.1, 0.15) is 5.75 Å². The SMILES string of the molecule is CCOc1ccc(-c2noc(CCC(=O)N(C)Cc3cccc(Cl)c3)n2)cc1. The predicted molar refractivity (Wildman–Crippen MR) is 107 cm³/mol. The fraction of sp³-hybridized carbons (Fsp3) is 0.286. The molecule has 146 valence electrons. The quantitative estimate of drug-likeness (QED) is 0.562. The number of nitrogens with zero attached hydrogens (tertiary/aromatic N) is 3. The molecular formula is C21H22ClN3O3. The van der Waals surface area contributed by atoms with Crippen LogP contribution in [0.2, 0.25) is 5.02 Å². The number of hydrogen-bond acceptors (Lipinski definition) is 5. The van der Waals surface area contributed by atoms with Gasteiger partial charge in [0.25, 0.3) is 0 Å². The molecule has 7 heteroatoms. The highest BCUT2D eigenvalue weighted by Gasteiger charge is 2.14. The van der Waals surface area contributed by atoms with Gasteiger partial charge in [-0.2, -0.15) is 4.98 Å². The summed E-state index contributed by atoms with van der Waals surface area (Å²) < 4.78 is 10.7. The van der Waals surface area contributed by atoms with Gasteiger partial charge in [-0.15, -0.1) is 0 Å². The average Bonchev–Trinajstić information content (AvgIpc) is 3.16. The van der Waals surface area contributed by atoms with Crippen molar-refractivity contribution < 1.29 is 14.1 Å². The van der Waals surface area contributed by atoms with Gasteiger partial charge in [0.2, 0.25) is 17.6 Å². The summed E-state index contributed by atoms with van der Waals surface area (Å²) in [5, 5.41) is 4.65. The van der Waals surface area contributed by atoms with Crippen LogP contribution in [0.1, 0.15) is 24.8 Å². The van der Waals surface area contributed by atoms with Crippen molar-refractivity contribution in [2.24, 2.45) is 0 Å². The molecule has 6 nitrogen and oxygen atoms in total. The molecule has 0 radical (unpaired) electrons. The summed E-state index contributed by atoms with van der Waals surface area (Å²) in [5.41, 5.74) is 1.82. The van der Waals surface area contributed by atoms with Gasteiger partial charge in [-0.05, 0) is 48.9 Å². The van der Waals surface area contributed by atoms with Gasteiger partial charge in [0.15, 0.2) is 0 Å². The lowest BCUT2D eigenvalue weighted by Gasteiger charge is -2.17. The van der Waals surface area contributed by atoms with Gasteiger partial charge < -0.3 is 14.2 Å². The van der Waals surface area contributed by atoms with Crippen LogP contribution in [-0.2, 0) is 17.8 Å². The summed E-state index contributed by atoms with van der Waals surface area (Å²) in [6.07, 6.45) is 0.685. The zero-order valence-corrected chi connectivity index (χ0v) is 16.6. The highest BCUT2D eigenvalue weighted by molar-refractivity contribution is 6.30. The van der Waals surface area contributed by atoms with E-state index in [0.717, 1.165) is 16.9 Å². The molecular weight excluding hydrogens is 378 g/mol. The van der Waals surface area contributed by atoms with Crippen molar-refractivity contribution in [1.29, 1.82) is 0 Å². The lowest BCUT2D eigenvalue weighted by molar-refractivity contribution is -0.130.